The van der Waals surface area contributed by atoms with Crippen LogP contribution in [-0.2, 0) is 28.8 Å². The van der Waals surface area contributed by atoms with Crippen LogP contribution in [0.3, 0.4) is 0 Å². The topological polar surface area (TPSA) is 167 Å². The number of carbonyl (C=O) groups is 6. The summed E-state index contributed by atoms with van der Waals surface area (Å²) in [6, 6.07) is 0. The van der Waals surface area contributed by atoms with Crippen molar-refractivity contribution in [2.45, 2.75) is 32.4 Å². The first-order valence-electron chi connectivity index (χ1n) is 7.52. The minimum absolute atomic E-state index is 0.00325. The van der Waals surface area contributed by atoms with Crippen LogP contribution in [0.1, 0.15) is 26.7 Å². The molecule has 2 amide bonds. The van der Waals surface area contributed by atoms with Crippen LogP contribution in [0.25, 0.3) is 0 Å². The molecule has 0 aromatic rings. The average Bonchev–Trinajstić information content (AvgIpc) is 2.57. The maximum atomic E-state index is 12.5. The van der Waals surface area contributed by atoms with Crippen molar-refractivity contribution < 1.29 is 39.0 Å². The Morgan fingerprint density at radius 1 is 0.923 bits per heavy atom. The van der Waals surface area contributed by atoms with E-state index in [1.165, 1.54) is 0 Å². The lowest BCUT2D eigenvalue weighted by Crippen LogP contribution is -2.66. The number of nitrogens with one attached hydrogen (secondary N) is 2. The molecule has 10 heteroatoms. The summed E-state index contributed by atoms with van der Waals surface area (Å²) in [6.07, 6.45) is 2.51. The van der Waals surface area contributed by atoms with Crippen molar-refractivity contribution in [3.8, 4) is 0 Å². The zero-order valence-corrected chi connectivity index (χ0v) is 14.2. The van der Waals surface area contributed by atoms with Crippen molar-refractivity contribution in [1.29, 1.82) is 0 Å². The molecule has 0 bridgehead atoms. The lowest BCUT2D eigenvalue weighted by molar-refractivity contribution is -0.140. The zero-order valence-electron chi connectivity index (χ0n) is 14.2. The highest BCUT2D eigenvalue weighted by Crippen LogP contribution is 2.13. The minimum Gasteiger partial charge on any atom is -0.478 e. The van der Waals surface area contributed by atoms with E-state index in [-0.39, 0.29) is 18.6 Å². The number of aldehydes is 1. The fraction of sp³-hybridized carbons (Fsp3) is 0.375. The van der Waals surface area contributed by atoms with E-state index in [1.807, 2.05) is 10.6 Å². The van der Waals surface area contributed by atoms with Crippen LogP contribution in [-0.4, -0.2) is 51.7 Å². The Morgan fingerprint density at radius 2 is 1.35 bits per heavy atom. The highest BCUT2D eigenvalue weighted by atomic mass is 16.4. The first-order valence-corrected chi connectivity index (χ1v) is 7.52. The Balaban J connectivity index is 5.65. The number of Topliss-reactive ketones (excluding diaryl/α,β-unsaturated/α-hetero) is 1. The largest absolute Gasteiger partial charge is 0.478 e. The van der Waals surface area contributed by atoms with Gasteiger partial charge < -0.3 is 20.8 Å². The standard InChI is InChI=1S/C16H20N2O8/c1-3-10(2)8-11(20)16(9-19,17-12(21)4-6-14(23)24)18-13(22)5-7-15(25)26/h4-7,9-10H,3,8H2,1-2H3,(H,17,21)(H,18,22)(H,23,24)(H,25,26)/b6-4-,7-5-/t10-/m1/s1. The molecule has 10 nitrogen and oxygen atoms in total. The summed E-state index contributed by atoms with van der Waals surface area (Å²) in [5.74, 6) is -6.10. The third kappa shape index (κ3) is 7.99. The van der Waals surface area contributed by atoms with Gasteiger partial charge in [0.25, 0.3) is 0 Å². The third-order valence-corrected chi connectivity index (χ3v) is 3.24. The Kier molecular flexibility index (Phi) is 9.20. The normalized spacial score (nSPS) is 12.5. The van der Waals surface area contributed by atoms with Gasteiger partial charge in [-0.15, -0.1) is 0 Å². The molecular weight excluding hydrogens is 348 g/mol. The molecule has 0 radical (unpaired) electrons. The van der Waals surface area contributed by atoms with E-state index in [9.17, 15) is 28.8 Å². The molecule has 0 spiro atoms. The van der Waals surface area contributed by atoms with Crippen LogP contribution in [0.15, 0.2) is 24.3 Å². The second kappa shape index (κ2) is 10.5. The molecule has 142 valence electrons. The number of rotatable bonds is 11. The third-order valence-electron chi connectivity index (χ3n) is 3.24. The highest BCUT2D eigenvalue weighted by molar-refractivity contribution is 6.10. The smallest absolute Gasteiger partial charge is 0.328 e. The second-order valence-corrected chi connectivity index (χ2v) is 5.39. The van der Waals surface area contributed by atoms with Gasteiger partial charge in [-0.25, -0.2) is 9.59 Å². The summed E-state index contributed by atoms with van der Waals surface area (Å²) in [4.78, 5) is 68.5. The van der Waals surface area contributed by atoms with Gasteiger partial charge in [0.05, 0.1) is 0 Å². The first-order chi connectivity index (χ1) is 12.1. The summed E-state index contributed by atoms with van der Waals surface area (Å²) >= 11 is 0. The lowest BCUT2D eigenvalue weighted by Gasteiger charge is -2.28. The molecule has 0 aliphatic carbocycles. The predicted molar refractivity (Wildman–Crippen MR) is 87.7 cm³/mol. The highest BCUT2D eigenvalue weighted by Gasteiger charge is 2.40. The van der Waals surface area contributed by atoms with Crippen LogP contribution in [0, 0.1) is 5.92 Å². The molecule has 0 aliphatic heterocycles. The molecule has 0 fully saturated rings. The molecule has 0 saturated heterocycles. The van der Waals surface area contributed by atoms with E-state index in [0.717, 1.165) is 0 Å². The van der Waals surface area contributed by atoms with Crippen LogP contribution >= 0.6 is 0 Å². The summed E-state index contributed by atoms with van der Waals surface area (Å²) in [7, 11) is 0. The summed E-state index contributed by atoms with van der Waals surface area (Å²) in [5, 5.41) is 20.9. The van der Waals surface area contributed by atoms with Gasteiger partial charge in [0.2, 0.25) is 17.5 Å². The monoisotopic (exact) mass is 368 g/mol. The number of hydrogen-bond acceptors (Lipinski definition) is 6. The Hall–Kier alpha value is -3.30. The number of carbonyl (C=O) groups excluding carboxylic acids is 4. The van der Waals surface area contributed by atoms with Crippen LogP contribution in [0.5, 0.6) is 0 Å². The van der Waals surface area contributed by atoms with E-state index in [0.29, 0.717) is 30.7 Å². The van der Waals surface area contributed by atoms with Crippen LogP contribution < -0.4 is 10.6 Å². The molecule has 0 aromatic carbocycles. The molecular formula is C16H20N2O8. The molecule has 0 saturated carbocycles. The molecule has 0 aromatic heterocycles. The van der Waals surface area contributed by atoms with Crippen molar-refractivity contribution in [1.82, 2.24) is 10.6 Å². The number of amides is 2. The number of aliphatic carboxylic acids is 2. The van der Waals surface area contributed by atoms with Gasteiger partial charge in [-0.3, -0.25) is 19.2 Å². The lowest BCUT2D eigenvalue weighted by atomic mass is 9.94. The van der Waals surface area contributed by atoms with Gasteiger partial charge in [0.1, 0.15) is 0 Å². The maximum absolute atomic E-state index is 12.5. The summed E-state index contributed by atoms with van der Waals surface area (Å²) in [6.45, 7) is 3.51. The fourth-order valence-corrected chi connectivity index (χ4v) is 1.68. The molecule has 4 N–H and O–H groups in total. The van der Waals surface area contributed by atoms with Crippen molar-refractivity contribution in [2.75, 3.05) is 0 Å². The number of hydrogen-bond donors (Lipinski definition) is 4. The number of carboxylic acid groups (broad SMARTS) is 2. The van der Waals surface area contributed by atoms with E-state index < -0.39 is 35.2 Å². The minimum atomic E-state index is -2.46. The average molecular weight is 368 g/mol. The molecule has 0 aliphatic rings. The Morgan fingerprint density at radius 3 is 1.65 bits per heavy atom. The second-order valence-electron chi connectivity index (χ2n) is 5.39. The Bertz CT molecular complexity index is 613. The summed E-state index contributed by atoms with van der Waals surface area (Å²) < 4.78 is 0. The van der Waals surface area contributed by atoms with E-state index >= 15 is 0 Å². The van der Waals surface area contributed by atoms with E-state index in [1.54, 1.807) is 13.8 Å². The van der Waals surface area contributed by atoms with E-state index in [4.69, 9.17) is 10.2 Å². The van der Waals surface area contributed by atoms with Gasteiger partial charge in [-0.1, -0.05) is 20.3 Å². The SMILES string of the molecule is CC[C@@H](C)CC(=O)C(C=O)(NC(=O)/C=C\C(=O)O)NC(=O)/C=C\C(=O)O. The number of ketones is 1. The van der Waals surface area contributed by atoms with Gasteiger partial charge in [0.15, 0.2) is 12.1 Å². The summed E-state index contributed by atoms with van der Waals surface area (Å²) in [5.41, 5.74) is -2.46. The molecule has 26 heavy (non-hydrogen) atoms. The van der Waals surface area contributed by atoms with Gasteiger partial charge in [0, 0.05) is 30.7 Å². The quantitative estimate of drug-likeness (QED) is 0.162. The molecule has 0 unspecified atom stereocenters. The van der Waals surface area contributed by atoms with Crippen molar-refractivity contribution >= 4 is 35.8 Å². The number of carboxylic acids is 2. The first kappa shape index (κ1) is 22.7. The van der Waals surface area contributed by atoms with Crippen LogP contribution in [0.2, 0.25) is 0 Å². The van der Waals surface area contributed by atoms with Crippen molar-refractivity contribution in [3.63, 3.8) is 0 Å². The van der Waals surface area contributed by atoms with Crippen LogP contribution in [0.4, 0.5) is 0 Å². The molecule has 0 rings (SSSR count). The van der Waals surface area contributed by atoms with Crippen molar-refractivity contribution in [3.05, 3.63) is 24.3 Å². The van der Waals surface area contributed by atoms with Gasteiger partial charge >= 0.3 is 11.9 Å². The van der Waals surface area contributed by atoms with Crippen molar-refractivity contribution in [2.24, 2.45) is 5.92 Å². The van der Waals surface area contributed by atoms with E-state index in [2.05, 4.69) is 0 Å². The molecule has 0 heterocycles. The van der Waals surface area contributed by atoms with Gasteiger partial charge in [-0.2, -0.15) is 0 Å². The van der Waals surface area contributed by atoms with Gasteiger partial charge in [-0.05, 0) is 5.92 Å². The fourth-order valence-electron chi connectivity index (χ4n) is 1.68. The maximum Gasteiger partial charge on any atom is 0.328 e. The zero-order chi connectivity index (χ0) is 20.3. The Labute approximate surface area is 148 Å². The molecule has 1 atom stereocenters. The predicted octanol–water partition coefficient (Wildman–Crippen LogP) is -0.599.